The molecule has 0 saturated carbocycles. The predicted molar refractivity (Wildman–Crippen MR) is 139 cm³/mol. The molecule has 240 valence electrons. The van der Waals surface area contributed by atoms with Crippen LogP contribution in [0.3, 0.4) is 0 Å². The number of anilines is 1. The molecule has 44 heavy (non-hydrogen) atoms. The van der Waals surface area contributed by atoms with Crippen LogP contribution in [0.4, 0.5) is 32.3 Å². The molecule has 3 aromatic rings. The van der Waals surface area contributed by atoms with Gasteiger partial charge in [0.1, 0.15) is 17.2 Å². The molecule has 1 aromatic carbocycles. The fourth-order valence-electron chi connectivity index (χ4n) is 3.96. The average Bonchev–Trinajstić information content (AvgIpc) is 3.64. The normalized spacial score (nSPS) is 19.6. The molecule has 0 amide bonds. The summed E-state index contributed by atoms with van der Waals surface area (Å²) >= 11 is 0. The molecule has 4 heterocycles. The number of carboxylic acids is 2. The van der Waals surface area contributed by atoms with Gasteiger partial charge in [-0.1, -0.05) is 6.07 Å². The minimum atomic E-state index is -5.08. The molecule has 2 fully saturated rings. The van der Waals surface area contributed by atoms with Crippen molar-refractivity contribution in [1.29, 1.82) is 0 Å². The number of H-pyrrole nitrogens is 1. The number of hydrogen-bond donors (Lipinski definition) is 5. The quantitative estimate of drug-likeness (QED) is 0.249. The van der Waals surface area contributed by atoms with Crippen LogP contribution >= 0.6 is 0 Å². The van der Waals surface area contributed by atoms with Crippen LogP contribution in [0.2, 0.25) is 0 Å². The number of nitrogens with zero attached hydrogens (tertiary/aromatic N) is 5. The van der Waals surface area contributed by atoms with E-state index in [0.29, 0.717) is 23.1 Å². The predicted octanol–water partition coefficient (Wildman–Crippen LogP) is 3.45. The van der Waals surface area contributed by atoms with Crippen molar-refractivity contribution < 1.29 is 56.0 Å². The molecule has 2 saturated heterocycles. The number of benzene rings is 1. The molecule has 13 nitrogen and oxygen atoms in total. The molecule has 0 radical (unpaired) electrons. The van der Waals surface area contributed by atoms with Gasteiger partial charge < -0.3 is 25.0 Å². The van der Waals surface area contributed by atoms with Crippen LogP contribution in [0, 0.1) is 5.92 Å². The van der Waals surface area contributed by atoms with E-state index in [4.69, 9.17) is 24.5 Å². The van der Waals surface area contributed by atoms with E-state index < -0.39 is 24.3 Å². The van der Waals surface area contributed by atoms with Gasteiger partial charge in [-0.25, -0.2) is 14.6 Å². The molecule has 2 atom stereocenters. The van der Waals surface area contributed by atoms with Gasteiger partial charge in [0.15, 0.2) is 0 Å². The summed E-state index contributed by atoms with van der Waals surface area (Å²) in [6.07, 6.45) is -2.85. The Hall–Kier alpha value is -4.52. The number of hydrogen-bond acceptors (Lipinski definition) is 10. The van der Waals surface area contributed by atoms with Crippen molar-refractivity contribution in [3.8, 4) is 28.1 Å². The maximum atomic E-state index is 10.6. The highest BCUT2D eigenvalue weighted by Gasteiger charge is 2.39. The Balaban J connectivity index is 0.000000317. The number of ether oxygens (including phenoxy) is 1. The van der Waals surface area contributed by atoms with E-state index in [-0.39, 0.29) is 11.5 Å². The monoisotopic (exact) mass is 635 g/mol. The molecule has 5 N–H and O–H groups in total. The van der Waals surface area contributed by atoms with Crippen LogP contribution in [-0.4, -0.2) is 97.0 Å². The highest BCUT2D eigenvalue weighted by Crippen LogP contribution is 2.32. The van der Waals surface area contributed by atoms with E-state index in [2.05, 4.69) is 42.5 Å². The van der Waals surface area contributed by atoms with Crippen molar-refractivity contribution in [3.05, 3.63) is 36.8 Å². The van der Waals surface area contributed by atoms with Crippen LogP contribution in [0.25, 0.3) is 22.4 Å². The highest BCUT2D eigenvalue weighted by molar-refractivity contribution is 5.74. The first-order valence-corrected chi connectivity index (χ1v) is 12.7. The Bertz CT molecular complexity index is 1380. The SMILES string of the molecule is CC1(NCC2CCN(c3ncc(-c4ccc(-c5cn[nH]c5)cc4O)nn3)C2)CCO1.O=C(O)C(F)(F)F.O=C(O)C(F)(F)F. The van der Waals surface area contributed by atoms with Gasteiger partial charge in [0, 0.05) is 43.4 Å². The number of aliphatic carboxylic acids is 2. The molecule has 0 spiro atoms. The number of carbonyl (C=O) groups is 2. The Kier molecular flexibility index (Phi) is 10.7. The number of halogens is 6. The van der Waals surface area contributed by atoms with Crippen LogP contribution in [0.15, 0.2) is 36.8 Å². The fourth-order valence-corrected chi connectivity index (χ4v) is 3.96. The Morgan fingerprint density at radius 1 is 1.09 bits per heavy atom. The molecule has 2 unspecified atom stereocenters. The van der Waals surface area contributed by atoms with Crippen LogP contribution in [-0.2, 0) is 14.3 Å². The molecule has 5 rings (SSSR count). The van der Waals surface area contributed by atoms with E-state index in [9.17, 15) is 31.4 Å². The number of carboxylic acid groups (broad SMARTS) is 2. The van der Waals surface area contributed by atoms with E-state index in [1.54, 1.807) is 24.7 Å². The van der Waals surface area contributed by atoms with Crippen molar-refractivity contribution in [2.75, 3.05) is 31.1 Å². The van der Waals surface area contributed by atoms with Crippen LogP contribution < -0.4 is 10.2 Å². The Morgan fingerprint density at radius 2 is 1.73 bits per heavy atom. The first-order valence-electron chi connectivity index (χ1n) is 12.7. The van der Waals surface area contributed by atoms with E-state index in [1.165, 1.54) is 0 Å². The number of alkyl halides is 6. The molecule has 0 aliphatic carbocycles. The van der Waals surface area contributed by atoms with Gasteiger partial charge in [0.2, 0.25) is 5.95 Å². The van der Waals surface area contributed by atoms with E-state index in [0.717, 1.165) is 50.2 Å². The average molecular weight is 636 g/mol. The Morgan fingerprint density at radius 3 is 2.18 bits per heavy atom. The number of aromatic hydroxyl groups is 1. The number of phenols is 1. The second-order valence-corrected chi connectivity index (χ2v) is 9.78. The zero-order chi connectivity index (χ0) is 32.7. The van der Waals surface area contributed by atoms with E-state index in [1.807, 2.05) is 12.1 Å². The third kappa shape index (κ3) is 9.49. The number of aromatic amines is 1. The molecular formula is C25H27F6N7O6. The third-order valence-electron chi connectivity index (χ3n) is 6.47. The molecule has 0 bridgehead atoms. The maximum absolute atomic E-state index is 10.6. The number of rotatable bonds is 6. The smallest absolute Gasteiger partial charge is 0.490 e. The van der Waals surface area contributed by atoms with Crippen molar-refractivity contribution >= 4 is 17.9 Å². The summed E-state index contributed by atoms with van der Waals surface area (Å²) in [5.74, 6) is -4.22. The zero-order valence-corrected chi connectivity index (χ0v) is 22.9. The summed E-state index contributed by atoms with van der Waals surface area (Å²) in [6.45, 7) is 5.68. The van der Waals surface area contributed by atoms with Crippen molar-refractivity contribution in [3.63, 3.8) is 0 Å². The lowest BCUT2D eigenvalue weighted by Crippen LogP contribution is -2.54. The standard InChI is InChI=1S/C21H25N7O2.2C2HF3O2/c1-21(5-7-30-21)23-9-14-4-6-28(13-14)20-22-12-18(26-27-20)17-3-2-15(8-19(17)29)16-10-24-25-11-16;2*3-2(4,5)1(6)7/h2-3,8,10-12,14,23,29H,4-7,9,13H2,1H3,(H,24,25);2*(H,6,7). The summed E-state index contributed by atoms with van der Waals surface area (Å²) in [7, 11) is 0. The van der Waals surface area contributed by atoms with Gasteiger partial charge in [-0.3, -0.25) is 10.4 Å². The molecule has 2 aliphatic rings. The van der Waals surface area contributed by atoms with Gasteiger partial charge in [0.25, 0.3) is 0 Å². The van der Waals surface area contributed by atoms with Crippen LogP contribution in [0.5, 0.6) is 5.75 Å². The number of aromatic nitrogens is 5. The molecule has 2 aromatic heterocycles. The summed E-state index contributed by atoms with van der Waals surface area (Å²) in [6, 6.07) is 5.43. The minimum Gasteiger partial charge on any atom is -0.507 e. The van der Waals surface area contributed by atoms with Crippen molar-refractivity contribution in [2.24, 2.45) is 5.92 Å². The molecule has 19 heteroatoms. The summed E-state index contributed by atoms with van der Waals surface area (Å²) in [5, 5.41) is 43.6. The first-order chi connectivity index (χ1) is 20.5. The number of nitrogens with one attached hydrogen (secondary N) is 2. The second-order valence-electron chi connectivity index (χ2n) is 9.78. The van der Waals surface area contributed by atoms with Gasteiger partial charge in [-0.05, 0) is 37.0 Å². The molecule has 2 aliphatic heterocycles. The maximum Gasteiger partial charge on any atom is 0.490 e. The lowest BCUT2D eigenvalue weighted by atomic mass is 10.0. The number of phenolic OH excluding ortho intramolecular Hbond substituents is 1. The van der Waals surface area contributed by atoms with Gasteiger partial charge in [0.05, 0.1) is 19.0 Å². The first kappa shape index (κ1) is 34.0. The van der Waals surface area contributed by atoms with Crippen molar-refractivity contribution in [1.82, 2.24) is 30.7 Å². The zero-order valence-electron chi connectivity index (χ0n) is 22.9. The lowest BCUT2D eigenvalue weighted by molar-refractivity contribution is -0.193. The second kappa shape index (κ2) is 13.8. The molecular weight excluding hydrogens is 608 g/mol. The van der Waals surface area contributed by atoms with Crippen LogP contribution in [0.1, 0.15) is 19.8 Å². The topological polar surface area (TPSA) is 187 Å². The Labute approximate surface area is 244 Å². The van der Waals surface area contributed by atoms with E-state index >= 15 is 0 Å². The lowest BCUT2D eigenvalue weighted by Gasteiger charge is -2.40. The van der Waals surface area contributed by atoms with Gasteiger partial charge in [-0.2, -0.15) is 31.4 Å². The largest absolute Gasteiger partial charge is 0.507 e. The third-order valence-corrected chi connectivity index (χ3v) is 6.47. The summed E-state index contributed by atoms with van der Waals surface area (Å²) in [5.41, 5.74) is 2.78. The summed E-state index contributed by atoms with van der Waals surface area (Å²) in [4.78, 5) is 24.5. The minimum absolute atomic E-state index is 0.136. The van der Waals surface area contributed by atoms with Gasteiger partial charge in [-0.15, -0.1) is 10.2 Å². The highest BCUT2D eigenvalue weighted by atomic mass is 19.4. The fraction of sp³-hybridized carbons (Fsp3) is 0.440. The van der Waals surface area contributed by atoms with Crippen molar-refractivity contribution in [2.45, 2.75) is 37.8 Å². The van der Waals surface area contributed by atoms with Gasteiger partial charge >= 0.3 is 24.3 Å². The summed E-state index contributed by atoms with van der Waals surface area (Å²) < 4.78 is 69.1.